The topological polar surface area (TPSA) is 63.2 Å². The first-order chi connectivity index (χ1) is 11.2. The summed E-state index contributed by atoms with van der Waals surface area (Å²) in [7, 11) is 1.58. The van der Waals surface area contributed by atoms with Crippen LogP contribution in [0.3, 0.4) is 0 Å². The Hall–Kier alpha value is -2.09. The molecule has 3 aromatic rings. The Morgan fingerprint density at radius 1 is 1.39 bits per heavy atom. The largest absolute Gasteiger partial charge is 0.494 e. The van der Waals surface area contributed by atoms with Crippen LogP contribution in [0, 0.1) is 0 Å². The number of nitrogens with zero attached hydrogens (tertiary/aromatic N) is 1. The maximum Gasteiger partial charge on any atom is 0.262 e. The van der Waals surface area contributed by atoms with Crippen LogP contribution in [0.4, 0.5) is 5.13 Å². The van der Waals surface area contributed by atoms with E-state index in [0.717, 1.165) is 9.58 Å². The molecule has 0 saturated carbocycles. The maximum absolute atomic E-state index is 11.8. The Morgan fingerprint density at radius 2 is 2.26 bits per heavy atom. The van der Waals surface area contributed by atoms with Gasteiger partial charge in [0.15, 0.2) is 0 Å². The number of aromatic nitrogens is 1. The molecule has 2 N–H and O–H groups in total. The predicted octanol–water partition coefficient (Wildman–Crippen LogP) is 4.18. The second-order valence-electron chi connectivity index (χ2n) is 4.41. The Bertz CT molecular complexity index is 859. The van der Waals surface area contributed by atoms with E-state index in [0.29, 0.717) is 21.4 Å². The molecule has 0 saturated heterocycles. The maximum atomic E-state index is 11.8. The van der Waals surface area contributed by atoms with E-state index in [1.54, 1.807) is 36.7 Å². The molecular weight excluding hydrogens is 354 g/mol. The first-order valence-corrected chi connectivity index (χ1v) is 8.65. The monoisotopic (exact) mass is 365 g/mol. The lowest BCUT2D eigenvalue weighted by Gasteiger charge is -2.01. The third kappa shape index (κ3) is 3.64. The summed E-state index contributed by atoms with van der Waals surface area (Å²) >= 11 is 9.06. The van der Waals surface area contributed by atoms with Crippen molar-refractivity contribution in [2.75, 3.05) is 12.5 Å². The first-order valence-electron chi connectivity index (χ1n) is 6.58. The summed E-state index contributed by atoms with van der Waals surface area (Å²) in [5, 5.41) is 3.08. The molecule has 0 radical (unpaired) electrons. The fourth-order valence-electron chi connectivity index (χ4n) is 1.87. The molecule has 0 aliphatic rings. The number of amides is 1. The van der Waals surface area contributed by atoms with Crippen LogP contribution in [0.1, 0.15) is 4.88 Å². The molecule has 0 spiro atoms. The lowest BCUT2D eigenvalue weighted by molar-refractivity contribution is -0.115. The molecule has 23 heavy (non-hydrogen) atoms. The number of benzene rings is 1. The first kappa shape index (κ1) is 15.8. The van der Waals surface area contributed by atoms with Crippen molar-refractivity contribution in [2.45, 2.75) is 0 Å². The van der Waals surface area contributed by atoms with E-state index in [9.17, 15) is 4.79 Å². The summed E-state index contributed by atoms with van der Waals surface area (Å²) in [6.45, 7) is 0. The smallest absolute Gasteiger partial charge is 0.262 e. The van der Waals surface area contributed by atoms with Gasteiger partial charge in [0.1, 0.15) is 11.3 Å². The molecule has 0 unspecified atom stereocenters. The van der Waals surface area contributed by atoms with Crippen molar-refractivity contribution in [2.24, 2.45) is 0 Å². The molecule has 0 aliphatic carbocycles. The van der Waals surface area contributed by atoms with Gasteiger partial charge in [0.05, 0.1) is 16.8 Å². The molecule has 118 valence electrons. The summed E-state index contributed by atoms with van der Waals surface area (Å²) in [5.74, 6) is 0.369. The van der Waals surface area contributed by atoms with Gasteiger partial charge >= 0.3 is 0 Å². The quantitative estimate of drug-likeness (QED) is 0.526. The number of anilines is 1. The molecule has 1 aromatic carbocycles. The highest BCUT2D eigenvalue weighted by atomic mass is 35.5. The number of hydrogen-bond donors (Lipinski definition) is 2. The third-order valence-electron chi connectivity index (χ3n) is 2.91. The van der Waals surface area contributed by atoms with Crippen molar-refractivity contribution in [1.82, 2.24) is 10.4 Å². The minimum absolute atomic E-state index is 0.268. The van der Waals surface area contributed by atoms with Crippen molar-refractivity contribution in [1.29, 1.82) is 0 Å². The summed E-state index contributed by atoms with van der Waals surface area (Å²) < 4.78 is 6.06. The van der Waals surface area contributed by atoms with Gasteiger partial charge in [-0.15, -0.1) is 11.3 Å². The molecular formula is C15H12ClN3O2S2. The van der Waals surface area contributed by atoms with Crippen LogP contribution in [0.5, 0.6) is 5.75 Å². The Labute approximate surface area is 145 Å². The van der Waals surface area contributed by atoms with Crippen molar-refractivity contribution in [3.05, 3.63) is 45.6 Å². The molecule has 2 aromatic heterocycles. The van der Waals surface area contributed by atoms with Gasteiger partial charge < -0.3 is 4.74 Å². The van der Waals surface area contributed by atoms with Crippen molar-refractivity contribution < 1.29 is 9.53 Å². The van der Waals surface area contributed by atoms with Crippen LogP contribution in [-0.4, -0.2) is 18.0 Å². The van der Waals surface area contributed by atoms with Crippen LogP contribution >= 0.6 is 34.3 Å². The van der Waals surface area contributed by atoms with Crippen LogP contribution in [0.25, 0.3) is 16.3 Å². The minimum Gasteiger partial charge on any atom is -0.494 e. The van der Waals surface area contributed by atoms with E-state index in [2.05, 4.69) is 15.8 Å². The van der Waals surface area contributed by atoms with E-state index in [4.69, 9.17) is 16.3 Å². The standard InChI is InChI=1S/C15H12ClN3O2S2/c1-21-11-6-5-10(16)14-13(11)17-15(23-14)19-18-12(20)7-4-9-3-2-8-22-9/h2-8H,1H3,(H,17,19)(H,18,20)/b7-4+. The van der Waals surface area contributed by atoms with E-state index in [-0.39, 0.29) is 5.91 Å². The summed E-state index contributed by atoms with van der Waals surface area (Å²) in [6, 6.07) is 7.38. The number of hydrogen-bond acceptors (Lipinski definition) is 6. The lowest BCUT2D eigenvalue weighted by Crippen LogP contribution is -2.27. The highest BCUT2D eigenvalue weighted by Gasteiger charge is 2.12. The molecule has 1 amide bonds. The van der Waals surface area contributed by atoms with Gasteiger partial charge in [0.25, 0.3) is 5.91 Å². The zero-order chi connectivity index (χ0) is 16.2. The summed E-state index contributed by atoms with van der Waals surface area (Å²) in [5.41, 5.74) is 6.02. The Morgan fingerprint density at radius 3 is 3.00 bits per heavy atom. The Kier molecular flexibility index (Phi) is 4.80. The van der Waals surface area contributed by atoms with Gasteiger partial charge in [-0.25, -0.2) is 4.98 Å². The molecule has 8 heteroatoms. The van der Waals surface area contributed by atoms with Crippen LogP contribution < -0.4 is 15.6 Å². The molecule has 0 fully saturated rings. The third-order valence-corrected chi connectivity index (χ3v) is 5.18. The van der Waals surface area contributed by atoms with Crippen LogP contribution in [-0.2, 0) is 4.79 Å². The zero-order valence-electron chi connectivity index (χ0n) is 12.0. The zero-order valence-corrected chi connectivity index (χ0v) is 14.4. The van der Waals surface area contributed by atoms with Crippen molar-refractivity contribution >= 4 is 61.6 Å². The number of hydrazine groups is 1. The number of nitrogens with one attached hydrogen (secondary N) is 2. The average molecular weight is 366 g/mol. The van der Waals surface area contributed by atoms with Crippen molar-refractivity contribution in [3.63, 3.8) is 0 Å². The molecule has 3 rings (SSSR count). The normalized spacial score (nSPS) is 11.0. The second-order valence-corrected chi connectivity index (χ2v) is 6.79. The van der Waals surface area contributed by atoms with Crippen LogP contribution in [0.15, 0.2) is 35.7 Å². The number of thiazole rings is 1. The number of carbonyl (C=O) groups is 1. The lowest BCUT2D eigenvalue weighted by atomic mass is 10.3. The van der Waals surface area contributed by atoms with E-state index in [1.807, 2.05) is 17.5 Å². The van der Waals surface area contributed by atoms with Crippen LogP contribution in [0.2, 0.25) is 5.02 Å². The molecule has 5 nitrogen and oxygen atoms in total. The summed E-state index contributed by atoms with van der Waals surface area (Å²) in [6.07, 6.45) is 3.21. The van der Waals surface area contributed by atoms with E-state index in [1.165, 1.54) is 17.4 Å². The predicted molar refractivity (Wildman–Crippen MR) is 96.3 cm³/mol. The fourth-order valence-corrected chi connectivity index (χ4v) is 3.60. The number of carbonyl (C=O) groups excluding carboxylic acids is 1. The summed E-state index contributed by atoms with van der Waals surface area (Å²) in [4.78, 5) is 17.2. The SMILES string of the molecule is COc1ccc(Cl)c2sc(NNC(=O)/C=C/c3cccs3)nc12. The molecule has 0 atom stereocenters. The highest BCUT2D eigenvalue weighted by molar-refractivity contribution is 7.22. The van der Waals surface area contributed by atoms with Crippen molar-refractivity contribution in [3.8, 4) is 5.75 Å². The second kappa shape index (κ2) is 6.99. The van der Waals surface area contributed by atoms with Gasteiger partial charge in [-0.1, -0.05) is 29.0 Å². The van der Waals surface area contributed by atoms with E-state index >= 15 is 0 Å². The Balaban J connectivity index is 1.70. The van der Waals surface area contributed by atoms with Gasteiger partial charge in [-0.3, -0.25) is 15.6 Å². The highest BCUT2D eigenvalue weighted by Crippen LogP contribution is 2.36. The van der Waals surface area contributed by atoms with E-state index < -0.39 is 0 Å². The number of ether oxygens (including phenoxy) is 1. The molecule has 2 heterocycles. The number of rotatable bonds is 5. The molecule has 0 aliphatic heterocycles. The number of methoxy groups -OCH3 is 1. The molecule has 0 bridgehead atoms. The number of fused-ring (bicyclic) bond motifs is 1. The van der Waals surface area contributed by atoms with Gasteiger partial charge in [-0.2, -0.15) is 0 Å². The van der Waals surface area contributed by atoms with Gasteiger partial charge in [0, 0.05) is 11.0 Å². The number of halogens is 1. The fraction of sp³-hybridized carbons (Fsp3) is 0.0667. The van der Waals surface area contributed by atoms with Gasteiger partial charge in [-0.05, 0) is 29.7 Å². The minimum atomic E-state index is -0.268. The van der Waals surface area contributed by atoms with Gasteiger partial charge in [0.2, 0.25) is 5.13 Å². The number of thiophene rings is 1. The average Bonchev–Trinajstić information content (AvgIpc) is 3.21.